The molecule has 0 aromatic heterocycles. The highest BCUT2D eigenvalue weighted by Gasteiger charge is 2.26. The number of amides is 2. The third-order valence-corrected chi connectivity index (χ3v) is 8.14. The fraction of sp³-hybridized carbons (Fsp3) is 0.791. The fourth-order valence-electron chi connectivity index (χ4n) is 5.33. The number of aryl methyl sites for hydroxylation is 1. The van der Waals surface area contributed by atoms with Gasteiger partial charge in [-0.1, -0.05) is 38.1 Å². The Balaban J connectivity index is 2.04. The van der Waals surface area contributed by atoms with Gasteiger partial charge in [-0.15, -0.1) is 0 Å². The molecule has 0 spiro atoms. The highest BCUT2D eigenvalue weighted by molar-refractivity contribution is 5.84. The Morgan fingerprint density at radius 3 is 1.48 bits per heavy atom. The number of hydrogen-bond donors (Lipinski definition) is 3. The minimum atomic E-state index is -0.781. The van der Waals surface area contributed by atoms with Crippen LogP contribution in [0.4, 0.5) is 0 Å². The number of benzene rings is 1. The van der Waals surface area contributed by atoms with Crippen LogP contribution >= 0.6 is 0 Å². The standard InChI is InChI=1S/C43H77N3O12/c1-36(2)35-38-14-12-37(13-15-38)9-8-11-40(47)45-18-7-6-10-39(42(49)58-43(3,4)5)46-41(48)16-19-50-21-23-52-25-27-54-29-31-56-33-34-57-32-30-55-28-26-53-24-22-51-20-17-44/h12-15,36,39H,6-11,16-35,44H2,1-5H3,(H,45,47)(H,46,48). The van der Waals surface area contributed by atoms with Crippen molar-refractivity contribution in [2.24, 2.45) is 11.7 Å². The van der Waals surface area contributed by atoms with E-state index < -0.39 is 17.6 Å². The predicted molar refractivity (Wildman–Crippen MR) is 223 cm³/mol. The Kier molecular flexibility index (Phi) is 33.2. The molecule has 1 atom stereocenters. The average molecular weight is 828 g/mol. The van der Waals surface area contributed by atoms with Crippen molar-refractivity contribution >= 4 is 17.8 Å². The molecule has 0 saturated carbocycles. The van der Waals surface area contributed by atoms with Crippen molar-refractivity contribution in [3.05, 3.63) is 35.4 Å². The van der Waals surface area contributed by atoms with Gasteiger partial charge in [0.1, 0.15) is 11.6 Å². The molecule has 2 amide bonds. The van der Waals surface area contributed by atoms with Crippen molar-refractivity contribution in [1.82, 2.24) is 10.6 Å². The Morgan fingerprint density at radius 1 is 0.586 bits per heavy atom. The molecule has 0 radical (unpaired) electrons. The molecule has 1 aromatic rings. The molecule has 15 nitrogen and oxygen atoms in total. The van der Waals surface area contributed by atoms with Gasteiger partial charge in [-0.3, -0.25) is 9.59 Å². The molecule has 1 unspecified atom stereocenters. The number of nitrogens with one attached hydrogen (secondary N) is 2. The lowest BCUT2D eigenvalue weighted by Gasteiger charge is -2.24. The molecule has 4 N–H and O–H groups in total. The highest BCUT2D eigenvalue weighted by Crippen LogP contribution is 2.13. The second-order valence-electron chi connectivity index (χ2n) is 15.2. The van der Waals surface area contributed by atoms with Crippen molar-refractivity contribution in [2.75, 3.05) is 119 Å². The summed E-state index contributed by atoms with van der Waals surface area (Å²) in [6.45, 7) is 18.0. The molecule has 0 aliphatic rings. The lowest BCUT2D eigenvalue weighted by atomic mass is 10.00. The third-order valence-electron chi connectivity index (χ3n) is 8.14. The van der Waals surface area contributed by atoms with Gasteiger partial charge in [-0.05, 0) is 76.3 Å². The van der Waals surface area contributed by atoms with Gasteiger partial charge < -0.3 is 59.0 Å². The van der Waals surface area contributed by atoms with Crippen molar-refractivity contribution in [3.8, 4) is 0 Å². The lowest BCUT2D eigenvalue weighted by molar-refractivity contribution is -0.159. The van der Waals surface area contributed by atoms with E-state index in [4.69, 9.17) is 48.4 Å². The maximum absolute atomic E-state index is 12.9. The lowest BCUT2D eigenvalue weighted by Crippen LogP contribution is -2.44. The van der Waals surface area contributed by atoms with Crippen LogP contribution in [0.5, 0.6) is 0 Å². The van der Waals surface area contributed by atoms with Gasteiger partial charge in [0.15, 0.2) is 0 Å². The fourth-order valence-corrected chi connectivity index (χ4v) is 5.33. The van der Waals surface area contributed by atoms with Crippen LogP contribution in [0, 0.1) is 5.92 Å². The summed E-state index contributed by atoms with van der Waals surface area (Å²) in [7, 11) is 0. The number of carbonyl (C=O) groups excluding carboxylic acids is 3. The van der Waals surface area contributed by atoms with Crippen LogP contribution in [0.15, 0.2) is 24.3 Å². The van der Waals surface area contributed by atoms with E-state index in [1.807, 2.05) is 0 Å². The third kappa shape index (κ3) is 34.2. The number of esters is 1. The minimum absolute atomic E-state index is 0.0187. The summed E-state index contributed by atoms with van der Waals surface area (Å²) in [4.78, 5) is 37.9. The topological polar surface area (TPSA) is 184 Å². The molecule has 0 heterocycles. The molecule has 15 heteroatoms. The predicted octanol–water partition coefficient (Wildman–Crippen LogP) is 3.80. The van der Waals surface area contributed by atoms with E-state index in [0.717, 1.165) is 19.3 Å². The van der Waals surface area contributed by atoms with Crippen molar-refractivity contribution in [3.63, 3.8) is 0 Å². The monoisotopic (exact) mass is 828 g/mol. The van der Waals surface area contributed by atoms with Crippen LogP contribution in [0.3, 0.4) is 0 Å². The summed E-state index contributed by atoms with van der Waals surface area (Å²) in [6.07, 6.45) is 5.00. The molecule has 1 rings (SSSR count). The molecule has 58 heavy (non-hydrogen) atoms. The molecular weight excluding hydrogens is 750 g/mol. The maximum atomic E-state index is 12.9. The van der Waals surface area contributed by atoms with Crippen LogP contribution in [-0.2, 0) is 69.9 Å². The zero-order valence-electron chi connectivity index (χ0n) is 36.3. The van der Waals surface area contributed by atoms with E-state index in [2.05, 4.69) is 48.7 Å². The van der Waals surface area contributed by atoms with Gasteiger partial charge in [0, 0.05) is 25.9 Å². The smallest absolute Gasteiger partial charge is 0.329 e. The number of rotatable bonds is 39. The van der Waals surface area contributed by atoms with Crippen molar-refractivity contribution in [2.45, 2.75) is 97.6 Å². The summed E-state index contributed by atoms with van der Waals surface area (Å²) >= 11 is 0. The van der Waals surface area contributed by atoms with E-state index >= 15 is 0 Å². The van der Waals surface area contributed by atoms with Crippen LogP contribution < -0.4 is 16.4 Å². The zero-order valence-corrected chi connectivity index (χ0v) is 36.3. The second kappa shape index (κ2) is 36.1. The van der Waals surface area contributed by atoms with E-state index in [0.29, 0.717) is 144 Å². The molecule has 336 valence electrons. The maximum Gasteiger partial charge on any atom is 0.329 e. The summed E-state index contributed by atoms with van der Waals surface area (Å²) in [5.74, 6) is -0.127. The number of ether oxygens (including phenoxy) is 9. The van der Waals surface area contributed by atoms with Crippen LogP contribution in [0.2, 0.25) is 0 Å². The summed E-state index contributed by atoms with van der Waals surface area (Å²) in [6, 6.07) is 7.88. The van der Waals surface area contributed by atoms with Gasteiger partial charge in [-0.2, -0.15) is 0 Å². The Morgan fingerprint density at radius 2 is 1.03 bits per heavy atom. The number of nitrogens with two attached hydrogens (primary N) is 1. The zero-order chi connectivity index (χ0) is 42.5. The van der Waals surface area contributed by atoms with Crippen LogP contribution in [0.25, 0.3) is 0 Å². The molecular formula is C43H77N3O12. The Bertz CT molecular complexity index is 1150. The van der Waals surface area contributed by atoms with Gasteiger partial charge in [0.25, 0.3) is 0 Å². The molecule has 0 saturated heterocycles. The van der Waals surface area contributed by atoms with Crippen LogP contribution in [0.1, 0.15) is 84.3 Å². The molecule has 0 aliphatic carbocycles. The Hall–Kier alpha value is -2.73. The normalized spacial score (nSPS) is 12.2. The Labute approximate surface area is 348 Å². The van der Waals surface area contributed by atoms with Gasteiger partial charge in [0.2, 0.25) is 11.8 Å². The SMILES string of the molecule is CC(C)Cc1ccc(CCCC(=O)NCCCCC(NC(=O)CCOCCOCCOCCOCCOCCOCCOCCOCCN)C(=O)OC(C)(C)C)cc1. The first kappa shape index (κ1) is 53.3. The molecule has 0 fully saturated rings. The molecule has 0 aliphatic heterocycles. The summed E-state index contributed by atoms with van der Waals surface area (Å²) in [5.41, 5.74) is 7.24. The number of carbonyl (C=O) groups is 3. The average Bonchev–Trinajstić information content (AvgIpc) is 3.17. The van der Waals surface area contributed by atoms with Crippen molar-refractivity contribution in [1.29, 1.82) is 0 Å². The van der Waals surface area contributed by atoms with E-state index in [-0.39, 0.29) is 24.8 Å². The summed E-state index contributed by atoms with van der Waals surface area (Å²) < 4.78 is 49.1. The first-order chi connectivity index (χ1) is 28.0. The van der Waals surface area contributed by atoms with E-state index in [9.17, 15) is 14.4 Å². The molecule has 1 aromatic carbocycles. The second-order valence-corrected chi connectivity index (χ2v) is 15.2. The van der Waals surface area contributed by atoms with Crippen molar-refractivity contribution < 1.29 is 57.0 Å². The van der Waals surface area contributed by atoms with Gasteiger partial charge in [-0.25, -0.2) is 4.79 Å². The number of unbranched alkanes of at least 4 members (excludes halogenated alkanes) is 1. The van der Waals surface area contributed by atoms with Crippen LogP contribution in [-0.4, -0.2) is 148 Å². The minimum Gasteiger partial charge on any atom is -0.458 e. The largest absolute Gasteiger partial charge is 0.458 e. The van der Waals surface area contributed by atoms with E-state index in [1.165, 1.54) is 11.1 Å². The highest BCUT2D eigenvalue weighted by atomic mass is 16.6. The molecule has 0 bridgehead atoms. The quantitative estimate of drug-likeness (QED) is 0.0644. The van der Waals surface area contributed by atoms with Gasteiger partial charge in [0.05, 0.1) is 106 Å². The first-order valence-electron chi connectivity index (χ1n) is 21.2. The van der Waals surface area contributed by atoms with Gasteiger partial charge >= 0.3 is 5.97 Å². The number of hydrogen-bond acceptors (Lipinski definition) is 13. The summed E-state index contributed by atoms with van der Waals surface area (Å²) in [5, 5.41) is 5.77. The van der Waals surface area contributed by atoms with E-state index in [1.54, 1.807) is 20.8 Å². The first-order valence-corrected chi connectivity index (χ1v) is 21.2.